The number of benzene rings is 2. The van der Waals surface area contributed by atoms with Crippen molar-refractivity contribution < 1.29 is 110 Å². The first kappa shape index (κ1) is 93.5. The Bertz CT molecular complexity index is 3640. The number of carbonyl (C=O) groups is 9. The number of anilines is 1. The van der Waals surface area contributed by atoms with Gasteiger partial charge in [-0.05, 0) is 131 Å². The standard InChI is InChI=1S/C87H124N4O23/c1-58-20-12-11-13-21-59(2)74(103-8)54-69-31-27-64(7)87(102,114-69)84(99)85(100)90-38-19-18-26-71(90)86(101)113-75(55-72(92)60(3)51-63(6)82(98)83(105-10)81(97)62(5)50-58)61(4)52-65-28-32-73(76(53-65)104-9)112-80(96)34-33-77(93)89-37-39-106-40-41-107-42-43-108-44-45-109-46-47-110-48-49-111-57-78(94)88-36-35-79(95)91-56-68-24-15-14-22-66(68)29-30-67-23-16-17-25-70(67)91/h11-17,20-25,51,58,60-62,64-65,69,71,73-76,82-83,98,102H,18-19,26-28,31-50,52-57H2,1-10H3,(H,88,94)(H,89,93)/b13-11+,20-12+,59-21+,63-51+/t58-,60-,61-,62-,64-,65+,69+,71+,73-,74+,75+,76-,82-,83+,87-/m1/s1. The van der Waals surface area contributed by atoms with E-state index in [1.165, 1.54) is 14.2 Å². The number of cyclic esters (lactones) is 1. The molecule has 1 aliphatic carbocycles. The van der Waals surface area contributed by atoms with Gasteiger partial charge in [-0.15, -0.1) is 0 Å². The maximum Gasteiger partial charge on any atom is 0.329 e. The molecular weight excluding hydrogens is 1470 g/mol. The van der Waals surface area contributed by atoms with Crippen LogP contribution in [0.15, 0.2) is 96.1 Å². The number of hydrogen-bond acceptors (Lipinski definition) is 23. The van der Waals surface area contributed by atoms with Gasteiger partial charge in [0.1, 0.15) is 42.8 Å². The Kier molecular flexibility index (Phi) is 40.5. The molecule has 0 unspecified atom stereocenters. The number of rotatable bonds is 33. The third-order valence-electron chi connectivity index (χ3n) is 21.8. The lowest BCUT2D eigenvalue weighted by atomic mass is 9.78. The second-order valence-corrected chi connectivity index (χ2v) is 30.5. The zero-order valence-electron chi connectivity index (χ0n) is 68.4. The second kappa shape index (κ2) is 49.4. The molecule has 2 bridgehead atoms. The van der Waals surface area contributed by atoms with Crippen LogP contribution in [-0.2, 0) is 107 Å². The van der Waals surface area contributed by atoms with Crippen LogP contribution in [0.5, 0.6) is 0 Å². The molecule has 2 aromatic carbocycles. The van der Waals surface area contributed by atoms with Crippen LogP contribution in [0.25, 0.3) is 0 Å². The van der Waals surface area contributed by atoms with Gasteiger partial charge in [0.05, 0.1) is 110 Å². The lowest BCUT2D eigenvalue weighted by Gasteiger charge is -2.42. The molecular formula is C87H124N4O23. The van der Waals surface area contributed by atoms with Crippen molar-refractivity contribution in [1.29, 1.82) is 0 Å². The fraction of sp³-hybridized carbons (Fsp3) is 0.644. The molecule has 4 heterocycles. The molecule has 630 valence electrons. The average Bonchev–Trinajstić information content (AvgIpc) is 0.774. The van der Waals surface area contributed by atoms with E-state index in [1.54, 1.807) is 45.8 Å². The van der Waals surface area contributed by atoms with Gasteiger partial charge in [0.25, 0.3) is 11.7 Å². The van der Waals surface area contributed by atoms with Gasteiger partial charge >= 0.3 is 11.9 Å². The fourth-order valence-corrected chi connectivity index (χ4v) is 15.0. The molecule has 4 aliphatic heterocycles. The van der Waals surface area contributed by atoms with Crippen LogP contribution in [0, 0.1) is 47.3 Å². The summed E-state index contributed by atoms with van der Waals surface area (Å²) in [5.41, 5.74) is 4.52. The molecule has 2 saturated heterocycles. The topological polar surface area (TPSA) is 335 Å². The molecule has 27 heteroatoms. The van der Waals surface area contributed by atoms with Crippen molar-refractivity contribution >= 4 is 58.6 Å². The number of piperidine rings is 1. The molecule has 4 N–H and O–H groups in total. The van der Waals surface area contributed by atoms with E-state index in [0.717, 1.165) is 32.9 Å². The third kappa shape index (κ3) is 29.8. The van der Waals surface area contributed by atoms with Crippen molar-refractivity contribution in [3.8, 4) is 11.8 Å². The molecule has 4 amide bonds. The third-order valence-corrected chi connectivity index (χ3v) is 21.8. The summed E-state index contributed by atoms with van der Waals surface area (Å²) in [6.07, 6.45) is 9.44. The minimum Gasteiger partial charge on any atom is -0.460 e. The number of ether oxygens (including phenoxy) is 12. The van der Waals surface area contributed by atoms with E-state index < -0.39 is 102 Å². The zero-order valence-corrected chi connectivity index (χ0v) is 68.4. The first-order chi connectivity index (χ1) is 54.8. The molecule has 15 atom stereocenters. The van der Waals surface area contributed by atoms with Crippen molar-refractivity contribution in [3.63, 3.8) is 0 Å². The van der Waals surface area contributed by atoms with Crippen LogP contribution in [0.3, 0.4) is 0 Å². The number of Topliss-reactive ketones (excluding diaryl/α,β-unsaturated/α-hetero) is 3. The van der Waals surface area contributed by atoms with E-state index in [0.29, 0.717) is 116 Å². The van der Waals surface area contributed by atoms with E-state index in [4.69, 9.17) is 56.8 Å². The summed E-state index contributed by atoms with van der Waals surface area (Å²) in [6.45, 7) is 16.5. The maximum atomic E-state index is 14.7. The van der Waals surface area contributed by atoms with E-state index in [2.05, 4.69) is 22.5 Å². The highest BCUT2D eigenvalue weighted by atomic mass is 16.6. The van der Waals surface area contributed by atoms with Gasteiger partial charge in [0.2, 0.25) is 23.5 Å². The Labute approximate surface area is 672 Å². The summed E-state index contributed by atoms with van der Waals surface area (Å²) in [6, 6.07) is 14.1. The number of fused-ring (bicyclic) bond motifs is 5. The summed E-state index contributed by atoms with van der Waals surface area (Å²) in [5.74, 6) is -3.78. The molecule has 3 fully saturated rings. The number of esters is 2. The summed E-state index contributed by atoms with van der Waals surface area (Å²) in [7, 11) is 4.45. The van der Waals surface area contributed by atoms with Gasteiger partial charge in [-0.25, -0.2) is 4.79 Å². The summed E-state index contributed by atoms with van der Waals surface area (Å²) >= 11 is 0. The van der Waals surface area contributed by atoms with Gasteiger partial charge in [0.15, 0.2) is 5.78 Å². The fourth-order valence-electron chi connectivity index (χ4n) is 15.0. The minimum atomic E-state index is -2.49. The van der Waals surface area contributed by atoms with Crippen molar-refractivity contribution in [1.82, 2.24) is 15.5 Å². The molecule has 1 saturated carbocycles. The first-order valence-electron chi connectivity index (χ1n) is 40.5. The Morgan fingerprint density at radius 1 is 0.667 bits per heavy atom. The summed E-state index contributed by atoms with van der Waals surface area (Å²) in [5, 5.41) is 29.3. The number of nitrogens with zero attached hydrogens (tertiary/aromatic N) is 2. The van der Waals surface area contributed by atoms with Crippen LogP contribution in [0.1, 0.15) is 161 Å². The van der Waals surface area contributed by atoms with Crippen LogP contribution in [0.2, 0.25) is 0 Å². The number of aliphatic hydroxyl groups excluding tert-OH is 1. The van der Waals surface area contributed by atoms with Gasteiger partial charge in [-0.2, -0.15) is 0 Å². The van der Waals surface area contributed by atoms with Gasteiger partial charge in [-0.3, -0.25) is 38.4 Å². The first-order valence-corrected chi connectivity index (χ1v) is 40.5. The Morgan fingerprint density at radius 3 is 2.00 bits per heavy atom. The van der Waals surface area contributed by atoms with Crippen molar-refractivity contribution in [2.24, 2.45) is 35.5 Å². The smallest absolute Gasteiger partial charge is 0.329 e. The molecule has 2 aromatic rings. The predicted octanol–water partition coefficient (Wildman–Crippen LogP) is 8.18. The van der Waals surface area contributed by atoms with Crippen LogP contribution >= 0.6 is 0 Å². The number of carbonyl (C=O) groups excluding carboxylic acids is 9. The highest BCUT2D eigenvalue weighted by Gasteiger charge is 2.53. The number of aliphatic hydroxyl groups is 2. The molecule has 0 aromatic heterocycles. The monoisotopic (exact) mass is 1590 g/mol. The largest absolute Gasteiger partial charge is 0.460 e. The lowest BCUT2D eigenvalue weighted by molar-refractivity contribution is -0.265. The zero-order chi connectivity index (χ0) is 82.5. The normalized spacial score (nSPS) is 28.2. The molecule has 27 nitrogen and oxygen atoms in total. The molecule has 7 rings (SSSR count). The second-order valence-electron chi connectivity index (χ2n) is 30.5. The van der Waals surface area contributed by atoms with E-state index in [1.807, 2.05) is 99.7 Å². The SMILES string of the molecule is CO[C@H]1C[C@@H]2CC[C@@H](C)[C@@](O)(O2)C(=O)C(=O)N2CCCC[C@H]2C(=O)O[C@H]([C@H](C)C[C@@H]2CC[C@@H](OC(=O)CCC(=O)NCCOCCOCCOCCOCCOCCOCC(=O)NCCC(=O)N3Cc4ccccc4C#Cc4ccccc43)[C@H](OC)C2)CC(=O)[C@H](C)/C=C(\C)[C@@H](O)[C@@H](OC)C(=O)[C@H](C)C[C@H](C)/C=C/C=C/C=C/1C. The summed E-state index contributed by atoms with van der Waals surface area (Å²) in [4.78, 5) is 127. The Morgan fingerprint density at radius 2 is 1.32 bits per heavy atom. The van der Waals surface area contributed by atoms with Gasteiger partial charge in [-0.1, -0.05) is 113 Å². The number of hydrogen-bond donors (Lipinski definition) is 4. The van der Waals surface area contributed by atoms with Gasteiger partial charge in [0, 0.05) is 95.5 Å². The molecule has 0 radical (unpaired) electrons. The highest BCUT2D eigenvalue weighted by Crippen LogP contribution is 2.39. The van der Waals surface area contributed by atoms with Crippen LogP contribution in [0.4, 0.5) is 5.69 Å². The van der Waals surface area contributed by atoms with Crippen molar-refractivity contribution in [3.05, 3.63) is 113 Å². The van der Waals surface area contributed by atoms with Gasteiger partial charge < -0.3 is 87.5 Å². The number of para-hydroxylation sites is 1. The van der Waals surface area contributed by atoms with E-state index >= 15 is 0 Å². The van der Waals surface area contributed by atoms with E-state index in [9.17, 15) is 53.4 Å². The number of ketones is 3. The minimum absolute atomic E-state index is 0.0243. The number of allylic oxidation sites excluding steroid dienone is 6. The Balaban J connectivity index is 0.778. The number of nitrogens with one attached hydrogen (secondary N) is 2. The quantitative estimate of drug-likeness (QED) is 0.0172. The van der Waals surface area contributed by atoms with Crippen LogP contribution in [-0.4, -0.2) is 243 Å². The average molecular weight is 1590 g/mol. The number of methoxy groups -OCH3 is 3. The molecule has 0 spiro atoms. The number of amides is 4. The highest BCUT2D eigenvalue weighted by molar-refractivity contribution is 6.39. The van der Waals surface area contributed by atoms with Crippen LogP contribution < -0.4 is 15.5 Å². The predicted molar refractivity (Wildman–Crippen MR) is 424 cm³/mol. The maximum absolute atomic E-state index is 14.7. The molecule has 5 aliphatic rings. The van der Waals surface area contributed by atoms with Crippen molar-refractivity contribution in [2.75, 3.05) is 125 Å². The molecule has 114 heavy (non-hydrogen) atoms. The summed E-state index contributed by atoms with van der Waals surface area (Å²) < 4.78 is 69.2. The Hall–Kier alpha value is -7.69. The lowest BCUT2D eigenvalue weighted by Crippen LogP contribution is -2.61. The van der Waals surface area contributed by atoms with E-state index in [-0.39, 0.29) is 132 Å². The van der Waals surface area contributed by atoms with Crippen molar-refractivity contribution in [2.45, 2.75) is 206 Å².